The first-order valence-corrected chi connectivity index (χ1v) is 10.2. The number of methoxy groups -OCH3 is 1. The second-order valence-corrected chi connectivity index (χ2v) is 7.77. The van der Waals surface area contributed by atoms with Gasteiger partial charge in [0.05, 0.1) is 24.8 Å². The van der Waals surface area contributed by atoms with Crippen molar-refractivity contribution in [3.8, 4) is 22.6 Å². The van der Waals surface area contributed by atoms with Crippen molar-refractivity contribution in [1.82, 2.24) is 14.1 Å². The molecule has 0 aliphatic carbocycles. The van der Waals surface area contributed by atoms with Gasteiger partial charge in [0, 0.05) is 35.9 Å². The summed E-state index contributed by atoms with van der Waals surface area (Å²) < 4.78 is 36.8. The summed E-state index contributed by atoms with van der Waals surface area (Å²) in [4.78, 5) is 4.30. The van der Waals surface area contributed by atoms with Gasteiger partial charge in [0.15, 0.2) is 0 Å². The highest BCUT2D eigenvalue weighted by Crippen LogP contribution is 2.34. The Hall–Kier alpha value is -3.93. The maximum absolute atomic E-state index is 13.6. The number of aromatic nitrogens is 3. The van der Waals surface area contributed by atoms with E-state index in [4.69, 9.17) is 4.74 Å². The number of hydrogen-bond donors (Lipinski definition) is 0. The van der Waals surface area contributed by atoms with Gasteiger partial charge in [-0.05, 0) is 60.0 Å². The first-order chi connectivity index (χ1) is 15.5. The summed E-state index contributed by atoms with van der Waals surface area (Å²) in [6.07, 6.45) is 5.66. The van der Waals surface area contributed by atoms with E-state index in [1.807, 2.05) is 58.8 Å². The number of benzene rings is 3. The summed E-state index contributed by atoms with van der Waals surface area (Å²) in [5, 5.41) is 1.05. The van der Waals surface area contributed by atoms with Crippen LogP contribution >= 0.6 is 0 Å². The van der Waals surface area contributed by atoms with Crippen LogP contribution in [0, 0.1) is 18.6 Å². The Labute approximate surface area is 184 Å². The van der Waals surface area contributed by atoms with E-state index >= 15 is 0 Å². The Morgan fingerprint density at radius 3 is 2.50 bits per heavy atom. The third-order valence-corrected chi connectivity index (χ3v) is 5.57. The molecule has 3 aromatic carbocycles. The standard InChI is InChI=1S/C26H21F2N3O/c1-17-14-31(16-29-17)25-7-6-19(12-26(25)32-2)22-4-3-5-24-23(22)8-9-30(24)15-18-10-20(27)13-21(28)11-18/h3-14,16H,15H2,1-2H3. The van der Waals surface area contributed by atoms with E-state index in [1.54, 1.807) is 13.4 Å². The van der Waals surface area contributed by atoms with Crippen LogP contribution < -0.4 is 4.74 Å². The zero-order valence-electron chi connectivity index (χ0n) is 17.7. The summed E-state index contributed by atoms with van der Waals surface area (Å²) >= 11 is 0. The summed E-state index contributed by atoms with van der Waals surface area (Å²) in [6.45, 7) is 2.32. The summed E-state index contributed by atoms with van der Waals surface area (Å²) in [7, 11) is 1.65. The van der Waals surface area contributed by atoms with Gasteiger partial charge in [0.1, 0.15) is 17.4 Å². The van der Waals surface area contributed by atoms with E-state index in [-0.39, 0.29) is 0 Å². The molecule has 6 heteroatoms. The lowest BCUT2D eigenvalue weighted by molar-refractivity contribution is 0.413. The average molecular weight is 429 g/mol. The molecule has 0 saturated heterocycles. The smallest absolute Gasteiger partial charge is 0.143 e. The molecule has 2 aromatic heterocycles. The number of halogens is 2. The van der Waals surface area contributed by atoms with Crippen molar-refractivity contribution in [2.45, 2.75) is 13.5 Å². The van der Waals surface area contributed by atoms with E-state index in [0.29, 0.717) is 12.1 Å². The highest BCUT2D eigenvalue weighted by molar-refractivity contribution is 5.96. The van der Waals surface area contributed by atoms with E-state index in [0.717, 1.165) is 45.2 Å². The molecule has 0 N–H and O–H groups in total. The van der Waals surface area contributed by atoms with Crippen molar-refractivity contribution in [2.75, 3.05) is 7.11 Å². The van der Waals surface area contributed by atoms with Crippen LogP contribution in [0.15, 0.2) is 79.4 Å². The Morgan fingerprint density at radius 2 is 1.78 bits per heavy atom. The fraction of sp³-hybridized carbons (Fsp3) is 0.115. The van der Waals surface area contributed by atoms with Gasteiger partial charge in [0.25, 0.3) is 0 Å². The van der Waals surface area contributed by atoms with E-state index < -0.39 is 11.6 Å². The molecular formula is C26H21F2N3O. The summed E-state index contributed by atoms with van der Waals surface area (Å²) in [5.74, 6) is -0.401. The lowest BCUT2D eigenvalue weighted by Gasteiger charge is -2.13. The van der Waals surface area contributed by atoms with Crippen molar-refractivity contribution >= 4 is 10.9 Å². The van der Waals surface area contributed by atoms with Crippen molar-refractivity contribution in [1.29, 1.82) is 0 Å². The number of imidazole rings is 1. The van der Waals surface area contributed by atoms with Gasteiger partial charge >= 0.3 is 0 Å². The lowest BCUT2D eigenvalue weighted by atomic mass is 10.0. The number of ether oxygens (including phenoxy) is 1. The van der Waals surface area contributed by atoms with E-state index in [1.165, 1.54) is 12.1 Å². The SMILES string of the molecule is COc1cc(-c2cccc3c2ccn3Cc2cc(F)cc(F)c2)ccc1-n1cnc(C)c1. The second-order valence-electron chi connectivity index (χ2n) is 7.77. The Kier molecular flexibility index (Phi) is 4.98. The number of aryl methyl sites for hydroxylation is 1. The van der Waals surface area contributed by atoms with Gasteiger partial charge in [-0.25, -0.2) is 13.8 Å². The van der Waals surface area contributed by atoms with Gasteiger partial charge in [-0.15, -0.1) is 0 Å². The molecule has 2 heterocycles. The predicted molar refractivity (Wildman–Crippen MR) is 121 cm³/mol. The monoisotopic (exact) mass is 429 g/mol. The summed E-state index contributed by atoms with van der Waals surface area (Å²) in [5.41, 5.74) is 5.48. The zero-order chi connectivity index (χ0) is 22.2. The van der Waals surface area contributed by atoms with Crippen molar-refractivity contribution < 1.29 is 13.5 Å². The second kappa shape index (κ2) is 7.96. The minimum Gasteiger partial charge on any atom is -0.495 e. The van der Waals surface area contributed by atoms with Gasteiger partial charge < -0.3 is 13.9 Å². The van der Waals surface area contributed by atoms with E-state index in [9.17, 15) is 8.78 Å². The predicted octanol–water partition coefficient (Wildman–Crippen LogP) is 6.14. The van der Waals surface area contributed by atoms with Gasteiger partial charge in [-0.3, -0.25) is 0 Å². The fourth-order valence-electron chi connectivity index (χ4n) is 4.12. The highest BCUT2D eigenvalue weighted by atomic mass is 19.1. The molecule has 0 bridgehead atoms. The van der Waals surface area contributed by atoms with Gasteiger partial charge in [-0.1, -0.05) is 18.2 Å². The summed E-state index contributed by atoms with van der Waals surface area (Å²) in [6, 6.07) is 17.8. The van der Waals surface area contributed by atoms with Gasteiger partial charge in [-0.2, -0.15) is 0 Å². The molecule has 5 aromatic rings. The van der Waals surface area contributed by atoms with Crippen LogP contribution in [-0.4, -0.2) is 21.2 Å². The quantitative estimate of drug-likeness (QED) is 0.336. The first kappa shape index (κ1) is 20.0. The number of fused-ring (bicyclic) bond motifs is 1. The van der Waals surface area contributed by atoms with Crippen LogP contribution in [0.4, 0.5) is 8.78 Å². The van der Waals surface area contributed by atoms with Crippen molar-refractivity contribution in [3.63, 3.8) is 0 Å². The minimum absolute atomic E-state index is 0.379. The molecule has 4 nitrogen and oxygen atoms in total. The van der Waals surface area contributed by atoms with Crippen LogP contribution in [0.25, 0.3) is 27.7 Å². The normalized spacial score (nSPS) is 11.2. The molecule has 0 saturated carbocycles. The number of nitrogens with zero attached hydrogens (tertiary/aromatic N) is 3. The molecule has 0 unspecified atom stereocenters. The van der Waals surface area contributed by atoms with Crippen LogP contribution in [0.5, 0.6) is 5.75 Å². The highest BCUT2D eigenvalue weighted by Gasteiger charge is 2.12. The van der Waals surface area contributed by atoms with Gasteiger partial charge in [0.2, 0.25) is 0 Å². The Bertz CT molecular complexity index is 1410. The average Bonchev–Trinajstić information content (AvgIpc) is 3.39. The molecule has 160 valence electrons. The molecule has 0 aliphatic heterocycles. The van der Waals surface area contributed by atoms with Crippen LogP contribution in [0.1, 0.15) is 11.3 Å². The van der Waals surface area contributed by atoms with Crippen molar-refractivity contribution in [3.05, 3.63) is 102 Å². The third-order valence-electron chi connectivity index (χ3n) is 5.57. The molecule has 0 fully saturated rings. The van der Waals surface area contributed by atoms with Crippen LogP contribution in [0.3, 0.4) is 0 Å². The Morgan fingerprint density at radius 1 is 0.969 bits per heavy atom. The first-order valence-electron chi connectivity index (χ1n) is 10.2. The van der Waals surface area contributed by atoms with Crippen LogP contribution in [0.2, 0.25) is 0 Å². The number of hydrogen-bond acceptors (Lipinski definition) is 2. The molecule has 32 heavy (non-hydrogen) atoms. The van der Waals surface area contributed by atoms with E-state index in [2.05, 4.69) is 17.1 Å². The Balaban J connectivity index is 1.55. The largest absolute Gasteiger partial charge is 0.495 e. The molecule has 0 radical (unpaired) electrons. The molecule has 0 spiro atoms. The number of rotatable bonds is 5. The molecular weight excluding hydrogens is 408 g/mol. The molecule has 0 amide bonds. The minimum atomic E-state index is -0.572. The zero-order valence-corrected chi connectivity index (χ0v) is 17.7. The van der Waals surface area contributed by atoms with Crippen LogP contribution in [-0.2, 0) is 6.54 Å². The maximum atomic E-state index is 13.6. The maximum Gasteiger partial charge on any atom is 0.143 e. The van der Waals surface area contributed by atoms with Crippen molar-refractivity contribution in [2.24, 2.45) is 0 Å². The topological polar surface area (TPSA) is 32.0 Å². The molecule has 5 rings (SSSR count). The third kappa shape index (κ3) is 3.64. The lowest BCUT2D eigenvalue weighted by Crippen LogP contribution is -1.99. The molecule has 0 aliphatic rings. The molecule has 0 atom stereocenters. The fourth-order valence-corrected chi connectivity index (χ4v) is 4.12.